The van der Waals surface area contributed by atoms with E-state index in [0.29, 0.717) is 0 Å². The highest BCUT2D eigenvalue weighted by Crippen LogP contribution is 2.47. The highest BCUT2D eigenvalue weighted by molar-refractivity contribution is 5.28. The normalized spacial score (nSPS) is 28.7. The molecule has 0 aromatic carbocycles. The molecule has 1 saturated heterocycles. The summed E-state index contributed by atoms with van der Waals surface area (Å²) in [5, 5.41) is 19.0. The van der Waals surface area contributed by atoms with Gasteiger partial charge in [-0.3, -0.25) is 9.78 Å². The number of H-pyrrole nitrogens is 1. The first kappa shape index (κ1) is 14.4. The smallest absolute Gasteiger partial charge is 0.332 e. The summed E-state index contributed by atoms with van der Waals surface area (Å²) in [6, 6.07) is 2.97. The van der Waals surface area contributed by atoms with Gasteiger partial charge in [0.25, 0.3) is 5.56 Å². The van der Waals surface area contributed by atoms with E-state index >= 15 is 0 Å². The van der Waals surface area contributed by atoms with Gasteiger partial charge in [-0.05, 0) is 0 Å². The lowest BCUT2D eigenvalue weighted by Crippen LogP contribution is -2.50. The second-order valence-electron chi connectivity index (χ2n) is 5.34. The van der Waals surface area contributed by atoms with Crippen LogP contribution in [0, 0.1) is 11.3 Å². The first-order valence-electron chi connectivity index (χ1n) is 6.46. The number of nitrogens with zero attached hydrogens (tertiary/aromatic N) is 2. The summed E-state index contributed by atoms with van der Waals surface area (Å²) in [7, 11) is 0. The lowest BCUT2D eigenvalue weighted by atomic mass is 10.1. The van der Waals surface area contributed by atoms with Crippen molar-refractivity contribution >= 4 is 0 Å². The first-order chi connectivity index (χ1) is 10.3. The molecule has 0 aliphatic carbocycles. The van der Waals surface area contributed by atoms with Gasteiger partial charge in [-0.2, -0.15) is 5.26 Å². The molecule has 1 fully saturated rings. The van der Waals surface area contributed by atoms with Gasteiger partial charge in [0.15, 0.2) is 17.6 Å². The maximum absolute atomic E-state index is 12.0. The Morgan fingerprint density at radius 1 is 1.45 bits per heavy atom. The van der Waals surface area contributed by atoms with E-state index in [0.717, 1.165) is 16.8 Å². The van der Waals surface area contributed by atoms with Crippen LogP contribution in [-0.4, -0.2) is 33.2 Å². The largest absolute Gasteiger partial charge is 0.461 e. The zero-order valence-electron chi connectivity index (χ0n) is 11.8. The predicted octanol–water partition coefficient (Wildman–Crippen LogP) is -0.901. The van der Waals surface area contributed by atoms with Crippen LogP contribution in [0.25, 0.3) is 0 Å². The standard InChI is InChI=1S/C13H13N3O6/c1-12(2)21-9-7(5-17)20-13(6-14,10(9)22-12)16-4-3-8(18)15-11(16)19/h3-4,10,17H,5H2,1-2H3,(H,15,18,19)/t10?,13-/m1/s1. The van der Waals surface area contributed by atoms with Crippen molar-refractivity contribution in [3.8, 4) is 6.07 Å². The van der Waals surface area contributed by atoms with Crippen LogP contribution in [0.3, 0.4) is 0 Å². The molecule has 2 N–H and O–H groups in total. The van der Waals surface area contributed by atoms with Gasteiger partial charge in [0.1, 0.15) is 12.7 Å². The highest BCUT2D eigenvalue weighted by Gasteiger charge is 2.61. The van der Waals surface area contributed by atoms with Gasteiger partial charge < -0.3 is 19.3 Å². The molecule has 0 spiro atoms. The third kappa shape index (κ3) is 1.85. The van der Waals surface area contributed by atoms with Crippen molar-refractivity contribution in [3.63, 3.8) is 0 Å². The molecular formula is C13H13N3O6. The van der Waals surface area contributed by atoms with Gasteiger partial charge in [-0.25, -0.2) is 9.36 Å². The Morgan fingerprint density at radius 2 is 2.18 bits per heavy atom. The van der Waals surface area contributed by atoms with E-state index < -0.39 is 35.5 Å². The summed E-state index contributed by atoms with van der Waals surface area (Å²) in [5.41, 5.74) is -3.34. The minimum absolute atomic E-state index is 0.00947. The van der Waals surface area contributed by atoms with Crippen LogP contribution in [0.2, 0.25) is 0 Å². The van der Waals surface area contributed by atoms with Crippen LogP contribution in [0.1, 0.15) is 13.8 Å². The summed E-state index contributed by atoms with van der Waals surface area (Å²) >= 11 is 0. The molecule has 2 aliphatic rings. The fraction of sp³-hybridized carbons (Fsp3) is 0.462. The maximum atomic E-state index is 12.0. The maximum Gasteiger partial charge on any atom is 0.332 e. The van der Waals surface area contributed by atoms with Gasteiger partial charge >= 0.3 is 11.4 Å². The number of aromatic nitrogens is 2. The molecule has 2 aliphatic heterocycles. The lowest BCUT2D eigenvalue weighted by Gasteiger charge is -2.29. The molecule has 0 radical (unpaired) electrons. The van der Waals surface area contributed by atoms with Gasteiger partial charge in [0.2, 0.25) is 5.79 Å². The number of nitriles is 1. The SMILES string of the molecule is CC1(C)OC2=C(CO)O[C@@](C#N)(n3ccc(=O)[nH]c3=O)C2O1. The van der Waals surface area contributed by atoms with E-state index in [1.54, 1.807) is 13.8 Å². The van der Waals surface area contributed by atoms with Crippen LogP contribution in [0.4, 0.5) is 0 Å². The zero-order chi connectivity index (χ0) is 16.1. The number of ether oxygens (including phenoxy) is 3. The zero-order valence-corrected chi connectivity index (χ0v) is 11.8. The van der Waals surface area contributed by atoms with Crippen molar-refractivity contribution in [2.45, 2.75) is 31.5 Å². The second kappa shape index (κ2) is 4.46. The molecule has 9 heteroatoms. The van der Waals surface area contributed by atoms with Crippen LogP contribution in [-0.2, 0) is 19.9 Å². The number of nitrogens with one attached hydrogen (secondary N) is 1. The molecule has 0 saturated carbocycles. The van der Waals surface area contributed by atoms with E-state index in [2.05, 4.69) is 4.98 Å². The molecule has 0 bridgehead atoms. The van der Waals surface area contributed by atoms with Crippen molar-refractivity contribution in [2.24, 2.45) is 0 Å². The average molecular weight is 307 g/mol. The molecule has 0 amide bonds. The van der Waals surface area contributed by atoms with Crippen LogP contribution in [0.5, 0.6) is 0 Å². The summed E-state index contributed by atoms with van der Waals surface area (Å²) in [5.74, 6) is -0.875. The van der Waals surface area contributed by atoms with Crippen molar-refractivity contribution in [2.75, 3.05) is 6.61 Å². The number of aliphatic hydroxyl groups excluding tert-OH is 1. The Labute approximate surface area is 124 Å². The van der Waals surface area contributed by atoms with Gasteiger partial charge in [0.05, 0.1) is 0 Å². The molecule has 22 heavy (non-hydrogen) atoms. The number of aliphatic hydroxyl groups is 1. The minimum Gasteiger partial charge on any atom is -0.461 e. The third-order valence-electron chi connectivity index (χ3n) is 3.39. The molecular weight excluding hydrogens is 294 g/mol. The summed E-state index contributed by atoms with van der Waals surface area (Å²) in [4.78, 5) is 25.3. The summed E-state index contributed by atoms with van der Waals surface area (Å²) < 4.78 is 17.6. The molecule has 3 heterocycles. The number of hydrogen-bond donors (Lipinski definition) is 2. The number of fused-ring (bicyclic) bond motifs is 1. The second-order valence-corrected chi connectivity index (χ2v) is 5.34. The van der Waals surface area contributed by atoms with E-state index in [9.17, 15) is 20.0 Å². The summed E-state index contributed by atoms with van der Waals surface area (Å²) in [6.45, 7) is 2.74. The lowest BCUT2D eigenvalue weighted by molar-refractivity contribution is -0.185. The van der Waals surface area contributed by atoms with Crippen molar-refractivity contribution in [1.82, 2.24) is 9.55 Å². The van der Waals surface area contributed by atoms with Gasteiger partial charge in [-0.1, -0.05) is 0 Å². The van der Waals surface area contributed by atoms with Crippen LogP contribution < -0.4 is 11.2 Å². The topological polar surface area (TPSA) is 127 Å². The number of rotatable bonds is 2. The molecule has 9 nitrogen and oxygen atoms in total. The Balaban J connectivity index is 2.19. The van der Waals surface area contributed by atoms with Crippen LogP contribution in [0.15, 0.2) is 33.4 Å². The van der Waals surface area contributed by atoms with E-state index in [-0.39, 0.29) is 11.5 Å². The Kier molecular flexibility index (Phi) is 2.91. The van der Waals surface area contributed by atoms with E-state index in [4.69, 9.17) is 14.2 Å². The third-order valence-corrected chi connectivity index (χ3v) is 3.39. The summed E-state index contributed by atoms with van der Waals surface area (Å²) in [6.07, 6.45) is 0.0926. The van der Waals surface area contributed by atoms with Crippen molar-refractivity contribution in [1.29, 1.82) is 5.26 Å². The van der Waals surface area contributed by atoms with E-state index in [1.165, 1.54) is 0 Å². The predicted molar refractivity (Wildman–Crippen MR) is 70.1 cm³/mol. The minimum atomic E-state index is -1.90. The van der Waals surface area contributed by atoms with Crippen molar-refractivity contribution < 1.29 is 19.3 Å². The fourth-order valence-corrected chi connectivity index (χ4v) is 2.53. The van der Waals surface area contributed by atoms with Crippen LogP contribution >= 0.6 is 0 Å². The number of hydrogen-bond acceptors (Lipinski definition) is 7. The molecule has 3 rings (SSSR count). The molecule has 116 valence electrons. The fourth-order valence-electron chi connectivity index (χ4n) is 2.53. The highest BCUT2D eigenvalue weighted by atomic mass is 16.8. The van der Waals surface area contributed by atoms with Gasteiger partial charge in [0, 0.05) is 26.1 Å². The van der Waals surface area contributed by atoms with Gasteiger partial charge in [-0.15, -0.1) is 0 Å². The molecule has 1 aromatic heterocycles. The quantitative estimate of drug-likeness (QED) is 0.724. The Morgan fingerprint density at radius 3 is 2.77 bits per heavy atom. The van der Waals surface area contributed by atoms with E-state index in [1.807, 2.05) is 6.07 Å². The molecule has 2 atom stereocenters. The monoisotopic (exact) mass is 307 g/mol. The average Bonchev–Trinajstić information content (AvgIpc) is 2.91. The number of aromatic amines is 1. The Hall–Kier alpha value is -2.57. The molecule has 1 unspecified atom stereocenters. The molecule has 1 aromatic rings. The van der Waals surface area contributed by atoms with Crippen molar-refractivity contribution in [3.05, 3.63) is 44.6 Å². The Bertz CT molecular complexity index is 814. The first-order valence-corrected chi connectivity index (χ1v) is 6.46.